The predicted octanol–water partition coefficient (Wildman–Crippen LogP) is 2.31. The van der Waals surface area contributed by atoms with Crippen LogP contribution < -0.4 is 0 Å². The van der Waals surface area contributed by atoms with E-state index in [2.05, 4.69) is 6.26 Å². The lowest BCUT2D eigenvalue weighted by molar-refractivity contribution is 0.0170. The van der Waals surface area contributed by atoms with Crippen LogP contribution in [-0.4, -0.2) is 24.7 Å². The van der Waals surface area contributed by atoms with Gasteiger partial charge in [-0.15, -0.1) is 0 Å². The van der Waals surface area contributed by atoms with Crippen LogP contribution in [0.1, 0.15) is 25.7 Å². The molecule has 0 radical (unpaired) electrons. The molecule has 0 unspecified atom stereocenters. The van der Waals surface area contributed by atoms with Crippen LogP contribution in [0.5, 0.6) is 0 Å². The Morgan fingerprint density at radius 2 is 2.00 bits per heavy atom. The topological polar surface area (TPSA) is 9.23 Å². The van der Waals surface area contributed by atoms with E-state index in [0.717, 1.165) is 0 Å². The van der Waals surface area contributed by atoms with Crippen molar-refractivity contribution < 1.29 is 4.74 Å². The Balaban J connectivity index is 2.41. The van der Waals surface area contributed by atoms with Crippen LogP contribution in [0.3, 0.4) is 0 Å². The molecular weight excluding hydrogens is 144 g/mol. The van der Waals surface area contributed by atoms with Gasteiger partial charge in [0.05, 0.1) is 5.60 Å². The Morgan fingerprint density at radius 1 is 1.40 bits per heavy atom. The van der Waals surface area contributed by atoms with Crippen molar-refractivity contribution in [2.45, 2.75) is 31.3 Å². The van der Waals surface area contributed by atoms with E-state index >= 15 is 0 Å². The van der Waals surface area contributed by atoms with Gasteiger partial charge in [0.2, 0.25) is 0 Å². The van der Waals surface area contributed by atoms with Crippen LogP contribution in [0.4, 0.5) is 0 Å². The molecule has 0 aromatic carbocycles. The Morgan fingerprint density at radius 3 is 2.40 bits per heavy atom. The second-order valence-corrected chi connectivity index (χ2v) is 3.89. The minimum atomic E-state index is 0.249. The fraction of sp³-hybridized carbons (Fsp3) is 1.00. The van der Waals surface area contributed by atoms with Crippen molar-refractivity contribution in [1.29, 1.82) is 0 Å². The summed E-state index contributed by atoms with van der Waals surface area (Å²) in [6.45, 7) is 0. The van der Waals surface area contributed by atoms with Gasteiger partial charge in [-0.25, -0.2) is 0 Å². The summed E-state index contributed by atoms with van der Waals surface area (Å²) in [5.74, 6) is 1.17. The largest absolute Gasteiger partial charge is 0.377 e. The molecule has 0 bridgehead atoms. The summed E-state index contributed by atoms with van der Waals surface area (Å²) in [5, 5.41) is 0. The molecule has 0 atom stereocenters. The third kappa shape index (κ3) is 1.67. The van der Waals surface area contributed by atoms with E-state index in [1.165, 1.54) is 31.4 Å². The lowest BCUT2D eigenvalue weighted by atomic mass is 10.1. The van der Waals surface area contributed by atoms with Crippen molar-refractivity contribution in [3.63, 3.8) is 0 Å². The minimum Gasteiger partial charge on any atom is -0.377 e. The summed E-state index contributed by atoms with van der Waals surface area (Å²) < 4.78 is 5.52. The van der Waals surface area contributed by atoms with Crippen LogP contribution in [0.2, 0.25) is 0 Å². The van der Waals surface area contributed by atoms with Gasteiger partial charge in [0.15, 0.2) is 0 Å². The first-order chi connectivity index (χ1) is 4.83. The second kappa shape index (κ2) is 3.63. The van der Waals surface area contributed by atoms with E-state index in [9.17, 15) is 0 Å². The maximum atomic E-state index is 5.52. The molecule has 0 N–H and O–H groups in total. The maximum Gasteiger partial charge on any atom is 0.0768 e. The molecule has 2 heteroatoms. The number of methoxy groups -OCH3 is 1. The van der Waals surface area contributed by atoms with Crippen molar-refractivity contribution in [2.24, 2.45) is 0 Å². The van der Waals surface area contributed by atoms with Crippen molar-refractivity contribution in [1.82, 2.24) is 0 Å². The van der Waals surface area contributed by atoms with Gasteiger partial charge in [-0.1, -0.05) is 12.8 Å². The van der Waals surface area contributed by atoms with Gasteiger partial charge in [0, 0.05) is 12.9 Å². The molecule has 60 valence electrons. The van der Waals surface area contributed by atoms with Crippen LogP contribution in [0.25, 0.3) is 0 Å². The quantitative estimate of drug-likeness (QED) is 0.626. The number of hydrogen-bond acceptors (Lipinski definition) is 2. The lowest BCUT2D eigenvalue weighted by Crippen LogP contribution is -2.30. The molecule has 1 fully saturated rings. The van der Waals surface area contributed by atoms with Gasteiger partial charge in [0.1, 0.15) is 0 Å². The maximum absolute atomic E-state index is 5.52. The highest BCUT2D eigenvalue weighted by Crippen LogP contribution is 2.34. The third-order valence-corrected chi connectivity index (χ3v) is 3.17. The normalized spacial score (nSPS) is 23.4. The summed E-state index contributed by atoms with van der Waals surface area (Å²) in [6.07, 6.45) is 7.40. The third-order valence-electron chi connectivity index (χ3n) is 2.36. The Bertz CT molecular complexity index is 97.4. The molecule has 0 amide bonds. The van der Waals surface area contributed by atoms with Crippen LogP contribution in [0, 0.1) is 0 Å². The van der Waals surface area contributed by atoms with E-state index in [0.29, 0.717) is 0 Å². The van der Waals surface area contributed by atoms with Crippen molar-refractivity contribution in [3.8, 4) is 0 Å². The zero-order valence-electron chi connectivity index (χ0n) is 6.85. The van der Waals surface area contributed by atoms with Gasteiger partial charge in [-0.2, -0.15) is 11.8 Å². The average Bonchev–Trinajstić information content (AvgIpc) is 2.39. The molecule has 1 aliphatic rings. The predicted molar refractivity (Wildman–Crippen MR) is 46.6 cm³/mol. The van der Waals surface area contributed by atoms with Crippen molar-refractivity contribution in [3.05, 3.63) is 0 Å². The van der Waals surface area contributed by atoms with Crippen LogP contribution in [0.15, 0.2) is 0 Å². The van der Waals surface area contributed by atoms with Crippen LogP contribution in [-0.2, 0) is 4.74 Å². The fourth-order valence-corrected chi connectivity index (χ4v) is 2.62. The molecule has 0 aromatic heterocycles. The Kier molecular flexibility index (Phi) is 3.05. The first-order valence-electron chi connectivity index (χ1n) is 3.87. The lowest BCUT2D eigenvalue weighted by Gasteiger charge is -2.25. The second-order valence-electron chi connectivity index (χ2n) is 3.03. The van der Waals surface area contributed by atoms with E-state index in [1.807, 2.05) is 18.9 Å². The molecule has 1 nitrogen and oxygen atoms in total. The van der Waals surface area contributed by atoms with E-state index in [4.69, 9.17) is 4.74 Å². The van der Waals surface area contributed by atoms with Gasteiger partial charge in [-0.3, -0.25) is 0 Å². The summed E-state index contributed by atoms with van der Waals surface area (Å²) in [7, 11) is 1.85. The SMILES string of the molecule is COC1(CSC)CCCC1. The zero-order chi connectivity index (χ0) is 7.45. The number of thioether (sulfide) groups is 1. The van der Waals surface area contributed by atoms with Gasteiger partial charge < -0.3 is 4.74 Å². The van der Waals surface area contributed by atoms with Gasteiger partial charge >= 0.3 is 0 Å². The summed E-state index contributed by atoms with van der Waals surface area (Å²) >= 11 is 1.90. The van der Waals surface area contributed by atoms with Gasteiger partial charge in [0.25, 0.3) is 0 Å². The molecule has 0 spiro atoms. The van der Waals surface area contributed by atoms with Crippen molar-refractivity contribution >= 4 is 11.8 Å². The summed E-state index contributed by atoms with van der Waals surface area (Å²) in [4.78, 5) is 0. The fourth-order valence-electron chi connectivity index (χ4n) is 1.69. The molecule has 10 heavy (non-hydrogen) atoms. The summed E-state index contributed by atoms with van der Waals surface area (Å²) in [5.41, 5.74) is 0.249. The van der Waals surface area contributed by atoms with E-state index < -0.39 is 0 Å². The molecule has 1 aliphatic carbocycles. The van der Waals surface area contributed by atoms with Crippen LogP contribution >= 0.6 is 11.8 Å². The molecular formula is C8H16OS. The first kappa shape index (κ1) is 8.41. The Hall–Kier alpha value is 0.310. The smallest absolute Gasteiger partial charge is 0.0768 e. The number of rotatable bonds is 3. The monoisotopic (exact) mass is 160 g/mol. The van der Waals surface area contributed by atoms with E-state index in [1.54, 1.807) is 0 Å². The van der Waals surface area contributed by atoms with Gasteiger partial charge in [-0.05, 0) is 19.1 Å². The molecule has 0 heterocycles. The standard InChI is InChI=1S/C8H16OS/c1-9-8(7-10-2)5-3-4-6-8/h3-7H2,1-2H3. The molecule has 1 rings (SSSR count). The minimum absolute atomic E-state index is 0.249. The highest BCUT2D eigenvalue weighted by Gasteiger charge is 2.32. The molecule has 0 aromatic rings. The first-order valence-corrected chi connectivity index (χ1v) is 5.26. The summed E-state index contributed by atoms with van der Waals surface area (Å²) in [6, 6.07) is 0. The zero-order valence-corrected chi connectivity index (χ0v) is 7.67. The highest BCUT2D eigenvalue weighted by molar-refractivity contribution is 7.98. The van der Waals surface area contributed by atoms with E-state index in [-0.39, 0.29) is 5.60 Å². The Labute approximate surface area is 67.5 Å². The molecule has 1 saturated carbocycles. The molecule has 0 saturated heterocycles. The van der Waals surface area contributed by atoms with Crippen molar-refractivity contribution in [2.75, 3.05) is 19.1 Å². The number of ether oxygens (including phenoxy) is 1. The average molecular weight is 160 g/mol. The number of hydrogen-bond donors (Lipinski definition) is 0. The molecule has 0 aliphatic heterocycles. The highest BCUT2D eigenvalue weighted by atomic mass is 32.2.